The molecule has 1 N–H and O–H groups in total. The monoisotopic (exact) mass is 362 g/mol. The maximum absolute atomic E-state index is 12.0. The van der Waals surface area contributed by atoms with E-state index in [1.165, 1.54) is 16.6 Å². The van der Waals surface area contributed by atoms with Crippen molar-refractivity contribution >= 4 is 29.0 Å². The van der Waals surface area contributed by atoms with E-state index in [1.807, 2.05) is 17.6 Å². The number of nitrogens with zero attached hydrogens (tertiary/aromatic N) is 3. The van der Waals surface area contributed by atoms with Gasteiger partial charge >= 0.3 is 0 Å². The molecular weight excluding hydrogens is 344 g/mol. The number of carbonyl (C=O) groups is 1. The van der Waals surface area contributed by atoms with Crippen molar-refractivity contribution in [3.8, 4) is 11.4 Å². The lowest BCUT2D eigenvalue weighted by molar-refractivity contribution is -0.118. The van der Waals surface area contributed by atoms with Crippen LogP contribution in [0.15, 0.2) is 39.4 Å². The fourth-order valence-electron chi connectivity index (χ4n) is 2.23. The van der Waals surface area contributed by atoms with Gasteiger partial charge in [-0.15, -0.1) is 21.5 Å². The van der Waals surface area contributed by atoms with E-state index in [0.29, 0.717) is 12.3 Å². The average Bonchev–Trinajstić information content (AvgIpc) is 3.30. The SMILES string of the molecule is CCn1c(SCC(=O)NCc2ccco2)nnc1-c1csc(C)c1. The van der Waals surface area contributed by atoms with Gasteiger partial charge in [0, 0.05) is 22.4 Å². The number of aromatic nitrogens is 3. The molecule has 0 atom stereocenters. The number of rotatable bonds is 7. The Kier molecular flexibility index (Phi) is 5.37. The maximum Gasteiger partial charge on any atom is 0.230 e. The van der Waals surface area contributed by atoms with E-state index in [1.54, 1.807) is 23.7 Å². The summed E-state index contributed by atoms with van der Waals surface area (Å²) in [6.45, 7) is 5.27. The van der Waals surface area contributed by atoms with Crippen LogP contribution in [0, 0.1) is 6.92 Å². The van der Waals surface area contributed by atoms with Gasteiger partial charge in [-0.25, -0.2) is 0 Å². The predicted octanol–water partition coefficient (Wildman–Crippen LogP) is 3.34. The number of aryl methyl sites for hydroxylation is 1. The minimum atomic E-state index is -0.0602. The van der Waals surface area contributed by atoms with Crippen molar-refractivity contribution in [2.45, 2.75) is 32.1 Å². The molecule has 3 heterocycles. The summed E-state index contributed by atoms with van der Waals surface area (Å²) in [6, 6.07) is 5.73. The van der Waals surface area contributed by atoms with Crippen molar-refractivity contribution in [3.63, 3.8) is 0 Å². The van der Waals surface area contributed by atoms with Crippen molar-refractivity contribution in [2.24, 2.45) is 0 Å². The minimum Gasteiger partial charge on any atom is -0.467 e. The minimum absolute atomic E-state index is 0.0602. The highest BCUT2D eigenvalue weighted by Gasteiger charge is 2.15. The second-order valence-corrected chi connectivity index (χ2v) is 7.20. The molecule has 24 heavy (non-hydrogen) atoms. The largest absolute Gasteiger partial charge is 0.467 e. The molecule has 3 rings (SSSR count). The molecule has 0 aliphatic carbocycles. The molecule has 0 radical (unpaired) electrons. The van der Waals surface area contributed by atoms with Gasteiger partial charge in [0.05, 0.1) is 18.6 Å². The van der Waals surface area contributed by atoms with Gasteiger partial charge in [-0.2, -0.15) is 0 Å². The average molecular weight is 362 g/mol. The molecule has 0 aliphatic rings. The highest BCUT2D eigenvalue weighted by Crippen LogP contribution is 2.27. The molecule has 0 aromatic carbocycles. The Bertz CT molecular complexity index is 808. The molecule has 3 aromatic rings. The van der Waals surface area contributed by atoms with E-state index in [0.717, 1.165) is 28.8 Å². The van der Waals surface area contributed by atoms with E-state index < -0.39 is 0 Å². The van der Waals surface area contributed by atoms with Gasteiger partial charge in [0.1, 0.15) is 5.76 Å². The van der Waals surface area contributed by atoms with Crippen LogP contribution in [0.5, 0.6) is 0 Å². The van der Waals surface area contributed by atoms with Crippen LogP contribution < -0.4 is 5.32 Å². The number of nitrogens with one attached hydrogen (secondary N) is 1. The van der Waals surface area contributed by atoms with Crippen LogP contribution in [-0.2, 0) is 17.9 Å². The summed E-state index contributed by atoms with van der Waals surface area (Å²) < 4.78 is 7.22. The van der Waals surface area contributed by atoms with Crippen LogP contribution in [0.4, 0.5) is 0 Å². The molecule has 126 valence electrons. The van der Waals surface area contributed by atoms with Crippen LogP contribution in [0.3, 0.4) is 0 Å². The van der Waals surface area contributed by atoms with Gasteiger partial charge in [0.15, 0.2) is 11.0 Å². The van der Waals surface area contributed by atoms with Gasteiger partial charge in [-0.05, 0) is 32.0 Å². The summed E-state index contributed by atoms with van der Waals surface area (Å²) in [6.07, 6.45) is 1.59. The molecule has 8 heteroatoms. The first-order valence-electron chi connectivity index (χ1n) is 7.58. The van der Waals surface area contributed by atoms with Crippen LogP contribution >= 0.6 is 23.1 Å². The lowest BCUT2D eigenvalue weighted by Crippen LogP contribution is -2.24. The molecule has 0 fully saturated rings. The summed E-state index contributed by atoms with van der Waals surface area (Å²) in [5.41, 5.74) is 1.07. The van der Waals surface area contributed by atoms with Gasteiger partial charge < -0.3 is 14.3 Å². The Morgan fingerprint density at radius 1 is 1.46 bits per heavy atom. The topological polar surface area (TPSA) is 73.0 Å². The van der Waals surface area contributed by atoms with Gasteiger partial charge in [-0.3, -0.25) is 4.79 Å². The number of thiophene rings is 1. The number of amides is 1. The number of carbonyl (C=O) groups excluding carboxylic acids is 1. The summed E-state index contributed by atoms with van der Waals surface area (Å²) in [7, 11) is 0. The van der Waals surface area contributed by atoms with Crippen LogP contribution in [0.2, 0.25) is 0 Å². The van der Waals surface area contributed by atoms with Crippen molar-refractivity contribution in [3.05, 3.63) is 40.5 Å². The summed E-state index contributed by atoms with van der Waals surface area (Å²) >= 11 is 3.08. The maximum atomic E-state index is 12.0. The van der Waals surface area contributed by atoms with Gasteiger partial charge in [0.2, 0.25) is 5.91 Å². The summed E-state index contributed by atoms with van der Waals surface area (Å²) in [4.78, 5) is 13.2. The molecule has 0 aliphatic heterocycles. The third kappa shape index (κ3) is 3.88. The molecule has 3 aromatic heterocycles. The normalized spacial score (nSPS) is 10.9. The molecule has 0 bridgehead atoms. The second-order valence-electron chi connectivity index (χ2n) is 5.14. The molecule has 1 amide bonds. The van der Waals surface area contributed by atoms with E-state index in [4.69, 9.17) is 4.42 Å². The molecular formula is C16H18N4O2S2. The Morgan fingerprint density at radius 2 is 2.33 bits per heavy atom. The Balaban J connectivity index is 1.61. The number of furan rings is 1. The zero-order chi connectivity index (χ0) is 16.9. The highest BCUT2D eigenvalue weighted by molar-refractivity contribution is 7.99. The van der Waals surface area contributed by atoms with Crippen LogP contribution in [-0.4, -0.2) is 26.4 Å². The zero-order valence-electron chi connectivity index (χ0n) is 13.5. The van der Waals surface area contributed by atoms with Gasteiger partial charge in [0.25, 0.3) is 0 Å². The van der Waals surface area contributed by atoms with E-state index in [-0.39, 0.29) is 5.91 Å². The number of thioether (sulfide) groups is 1. The molecule has 6 nitrogen and oxygen atoms in total. The highest BCUT2D eigenvalue weighted by atomic mass is 32.2. The lowest BCUT2D eigenvalue weighted by atomic mass is 10.3. The fraction of sp³-hybridized carbons (Fsp3) is 0.312. The predicted molar refractivity (Wildman–Crippen MR) is 95.0 cm³/mol. The van der Waals surface area contributed by atoms with Crippen molar-refractivity contribution in [1.29, 1.82) is 0 Å². The lowest BCUT2D eigenvalue weighted by Gasteiger charge is -2.06. The van der Waals surface area contributed by atoms with Crippen LogP contribution in [0.25, 0.3) is 11.4 Å². The van der Waals surface area contributed by atoms with E-state index in [2.05, 4.69) is 33.9 Å². The third-order valence-electron chi connectivity index (χ3n) is 3.39. The second kappa shape index (κ2) is 7.67. The van der Waals surface area contributed by atoms with Gasteiger partial charge in [-0.1, -0.05) is 11.8 Å². The molecule has 0 saturated carbocycles. The first kappa shape index (κ1) is 16.8. The Hall–Kier alpha value is -2.06. The van der Waals surface area contributed by atoms with E-state index >= 15 is 0 Å². The van der Waals surface area contributed by atoms with Crippen molar-refractivity contribution in [2.75, 3.05) is 5.75 Å². The van der Waals surface area contributed by atoms with E-state index in [9.17, 15) is 4.79 Å². The standard InChI is InChI=1S/C16H18N4O2S2/c1-3-20-15(12-7-11(2)23-9-12)18-19-16(20)24-10-14(21)17-8-13-5-4-6-22-13/h4-7,9H,3,8,10H2,1-2H3,(H,17,21). The smallest absolute Gasteiger partial charge is 0.230 e. The fourth-order valence-corrected chi connectivity index (χ4v) is 3.75. The van der Waals surface area contributed by atoms with Crippen molar-refractivity contribution < 1.29 is 9.21 Å². The quantitative estimate of drug-likeness (QED) is 0.653. The Labute approximate surface area is 148 Å². The zero-order valence-corrected chi connectivity index (χ0v) is 15.1. The summed E-state index contributed by atoms with van der Waals surface area (Å²) in [5, 5.41) is 14.2. The molecule has 0 saturated heterocycles. The third-order valence-corrected chi connectivity index (χ3v) is 5.22. The van der Waals surface area contributed by atoms with Crippen molar-refractivity contribution in [1.82, 2.24) is 20.1 Å². The number of hydrogen-bond donors (Lipinski definition) is 1. The molecule has 0 unspecified atom stereocenters. The van der Waals surface area contributed by atoms with Crippen LogP contribution in [0.1, 0.15) is 17.6 Å². The Morgan fingerprint density at radius 3 is 3.00 bits per heavy atom. The molecule has 0 spiro atoms. The summed E-state index contributed by atoms with van der Waals surface area (Å²) in [5.74, 6) is 1.82. The number of hydrogen-bond acceptors (Lipinski definition) is 6. The first-order chi connectivity index (χ1) is 11.7. The first-order valence-corrected chi connectivity index (χ1v) is 9.44.